The van der Waals surface area contributed by atoms with Crippen LogP contribution in [0.4, 0.5) is 5.95 Å². The molecule has 0 spiro atoms. The Morgan fingerprint density at radius 2 is 2.53 bits per heavy atom. The van der Waals surface area contributed by atoms with E-state index in [1.165, 1.54) is 19.5 Å². The van der Waals surface area contributed by atoms with Crippen molar-refractivity contribution < 1.29 is 0 Å². The van der Waals surface area contributed by atoms with E-state index in [0.29, 0.717) is 0 Å². The highest BCUT2D eigenvalue weighted by Gasteiger charge is 2.19. The highest BCUT2D eigenvalue weighted by Crippen LogP contribution is 2.19. The topological polar surface area (TPSA) is 41.0 Å². The summed E-state index contributed by atoms with van der Waals surface area (Å²) in [5.41, 5.74) is 0. The maximum atomic E-state index is 4.50. The quantitative estimate of drug-likeness (QED) is 0.902. The van der Waals surface area contributed by atoms with Gasteiger partial charge in [0.1, 0.15) is 4.83 Å². The third kappa shape index (κ3) is 2.40. The summed E-state index contributed by atoms with van der Waals surface area (Å²) in [6.45, 7) is 3.35. The van der Waals surface area contributed by atoms with Crippen LogP contribution >= 0.6 is 11.3 Å². The molecule has 1 unspecified atom stereocenters. The Morgan fingerprint density at radius 3 is 3.35 bits per heavy atom. The summed E-state index contributed by atoms with van der Waals surface area (Å²) >= 11 is 1.66. The van der Waals surface area contributed by atoms with E-state index < -0.39 is 0 Å². The lowest BCUT2D eigenvalue weighted by Crippen LogP contribution is -2.19. The molecule has 0 aromatic carbocycles. The van der Waals surface area contributed by atoms with E-state index in [1.54, 1.807) is 11.3 Å². The number of aromatic nitrogens is 2. The van der Waals surface area contributed by atoms with Crippen LogP contribution in [-0.2, 0) is 0 Å². The average Bonchev–Trinajstić information content (AvgIpc) is 2.94. The van der Waals surface area contributed by atoms with E-state index in [9.17, 15) is 0 Å². The van der Waals surface area contributed by atoms with Gasteiger partial charge in [0.05, 0.1) is 0 Å². The number of nitrogens with zero attached hydrogens (tertiary/aromatic N) is 3. The van der Waals surface area contributed by atoms with Crippen molar-refractivity contribution in [3.63, 3.8) is 0 Å². The maximum absolute atomic E-state index is 4.50. The first kappa shape index (κ1) is 10.9. The van der Waals surface area contributed by atoms with Gasteiger partial charge in [-0.05, 0) is 37.4 Å². The Hall–Kier alpha value is -1.20. The minimum Gasteiger partial charge on any atom is -0.354 e. The number of likely N-dealkylation sites (tertiary alicyclic amines) is 1. The number of rotatable bonds is 3. The predicted octanol–water partition coefficient (Wildman–Crippen LogP) is 2.05. The van der Waals surface area contributed by atoms with Gasteiger partial charge >= 0.3 is 0 Å². The summed E-state index contributed by atoms with van der Waals surface area (Å²) in [6, 6.07) is 2.05. The van der Waals surface area contributed by atoms with Crippen LogP contribution in [0.25, 0.3) is 10.2 Å². The third-order valence-corrected chi connectivity index (χ3v) is 4.07. The SMILES string of the molecule is CN1CCC(CNc2ncc3ccsc3n2)C1. The molecule has 1 atom stereocenters. The Labute approximate surface area is 105 Å². The molecule has 0 amide bonds. The molecule has 2 aromatic heterocycles. The van der Waals surface area contributed by atoms with Crippen molar-refractivity contribution in [2.45, 2.75) is 6.42 Å². The van der Waals surface area contributed by atoms with Crippen molar-refractivity contribution in [2.75, 3.05) is 32.0 Å². The molecule has 3 heterocycles. The van der Waals surface area contributed by atoms with Crippen LogP contribution in [0.1, 0.15) is 6.42 Å². The van der Waals surface area contributed by atoms with E-state index in [0.717, 1.165) is 28.6 Å². The van der Waals surface area contributed by atoms with Crippen LogP contribution in [0.2, 0.25) is 0 Å². The molecule has 90 valence electrons. The first-order valence-electron chi connectivity index (χ1n) is 5.94. The number of hydrogen-bond acceptors (Lipinski definition) is 5. The van der Waals surface area contributed by atoms with E-state index in [2.05, 4.69) is 38.7 Å². The number of hydrogen-bond donors (Lipinski definition) is 1. The summed E-state index contributed by atoms with van der Waals surface area (Å²) in [4.78, 5) is 12.3. The lowest BCUT2D eigenvalue weighted by Gasteiger charge is -2.11. The van der Waals surface area contributed by atoms with Crippen LogP contribution in [0.5, 0.6) is 0 Å². The maximum Gasteiger partial charge on any atom is 0.224 e. The number of nitrogens with one attached hydrogen (secondary N) is 1. The van der Waals surface area contributed by atoms with Crippen molar-refractivity contribution in [3.8, 4) is 0 Å². The van der Waals surface area contributed by atoms with E-state index in [4.69, 9.17) is 0 Å². The van der Waals surface area contributed by atoms with Crippen LogP contribution in [-0.4, -0.2) is 41.5 Å². The second-order valence-electron chi connectivity index (χ2n) is 4.67. The number of thiophene rings is 1. The predicted molar refractivity (Wildman–Crippen MR) is 71.5 cm³/mol. The molecule has 17 heavy (non-hydrogen) atoms. The van der Waals surface area contributed by atoms with E-state index in [1.807, 2.05) is 6.20 Å². The minimum atomic E-state index is 0.725. The number of fused-ring (bicyclic) bond motifs is 1. The van der Waals surface area contributed by atoms with Crippen molar-refractivity contribution in [1.29, 1.82) is 0 Å². The van der Waals surface area contributed by atoms with Crippen molar-refractivity contribution in [2.24, 2.45) is 5.92 Å². The molecule has 0 saturated carbocycles. The van der Waals surface area contributed by atoms with Gasteiger partial charge in [0.2, 0.25) is 5.95 Å². The normalized spacial score (nSPS) is 21.1. The average molecular weight is 248 g/mol. The van der Waals surface area contributed by atoms with Crippen LogP contribution < -0.4 is 5.32 Å². The van der Waals surface area contributed by atoms with Crippen LogP contribution in [0, 0.1) is 5.92 Å². The minimum absolute atomic E-state index is 0.725. The first-order valence-corrected chi connectivity index (χ1v) is 6.82. The fraction of sp³-hybridized carbons (Fsp3) is 0.500. The molecule has 1 aliphatic rings. The second kappa shape index (κ2) is 4.58. The molecular formula is C12H16N4S. The molecule has 0 bridgehead atoms. The van der Waals surface area contributed by atoms with E-state index in [-0.39, 0.29) is 0 Å². The Morgan fingerprint density at radius 1 is 1.59 bits per heavy atom. The largest absolute Gasteiger partial charge is 0.354 e. The van der Waals surface area contributed by atoms with Gasteiger partial charge in [-0.25, -0.2) is 9.97 Å². The lowest BCUT2D eigenvalue weighted by atomic mass is 10.1. The summed E-state index contributed by atoms with van der Waals surface area (Å²) in [6.07, 6.45) is 3.16. The van der Waals surface area contributed by atoms with Gasteiger partial charge in [0.15, 0.2) is 0 Å². The van der Waals surface area contributed by atoms with Crippen molar-refractivity contribution in [1.82, 2.24) is 14.9 Å². The molecule has 3 rings (SSSR count). The summed E-state index contributed by atoms with van der Waals surface area (Å²) in [5.74, 6) is 1.48. The summed E-state index contributed by atoms with van der Waals surface area (Å²) in [5, 5.41) is 6.52. The zero-order valence-corrected chi connectivity index (χ0v) is 10.7. The van der Waals surface area contributed by atoms with E-state index >= 15 is 0 Å². The molecule has 1 N–H and O–H groups in total. The molecule has 1 fully saturated rings. The lowest BCUT2D eigenvalue weighted by molar-refractivity contribution is 0.399. The molecule has 0 radical (unpaired) electrons. The zero-order chi connectivity index (χ0) is 11.7. The van der Waals surface area contributed by atoms with Gasteiger partial charge in [0, 0.05) is 24.7 Å². The monoisotopic (exact) mass is 248 g/mol. The van der Waals surface area contributed by atoms with Gasteiger partial charge in [-0.1, -0.05) is 0 Å². The third-order valence-electron chi connectivity index (χ3n) is 3.25. The fourth-order valence-corrected chi connectivity index (χ4v) is 3.01. The number of anilines is 1. The summed E-state index contributed by atoms with van der Waals surface area (Å²) in [7, 11) is 2.17. The molecular weight excluding hydrogens is 232 g/mol. The molecule has 5 heteroatoms. The summed E-state index contributed by atoms with van der Waals surface area (Å²) < 4.78 is 0. The van der Waals surface area contributed by atoms with Gasteiger partial charge in [-0.2, -0.15) is 0 Å². The van der Waals surface area contributed by atoms with Gasteiger partial charge < -0.3 is 10.2 Å². The molecule has 1 saturated heterocycles. The standard InChI is InChI=1S/C12H16N4S/c1-16-4-2-9(8-16)6-13-12-14-7-10-3-5-17-11(10)15-12/h3,5,7,9H,2,4,6,8H2,1H3,(H,13,14,15). The second-order valence-corrected chi connectivity index (χ2v) is 5.57. The Kier molecular flexibility index (Phi) is 2.94. The zero-order valence-electron chi connectivity index (χ0n) is 9.89. The fourth-order valence-electron chi connectivity index (χ4n) is 2.27. The highest BCUT2D eigenvalue weighted by molar-refractivity contribution is 7.16. The highest BCUT2D eigenvalue weighted by atomic mass is 32.1. The molecule has 1 aliphatic heterocycles. The molecule has 0 aliphatic carbocycles. The van der Waals surface area contributed by atoms with Crippen molar-refractivity contribution >= 4 is 27.5 Å². The van der Waals surface area contributed by atoms with Gasteiger partial charge in [-0.15, -0.1) is 11.3 Å². The molecule has 4 nitrogen and oxygen atoms in total. The molecule has 2 aromatic rings. The first-order chi connectivity index (χ1) is 8.31. The Balaban J connectivity index is 1.64. The van der Waals surface area contributed by atoms with Gasteiger partial charge in [-0.3, -0.25) is 0 Å². The smallest absolute Gasteiger partial charge is 0.224 e. The van der Waals surface area contributed by atoms with Crippen LogP contribution in [0.3, 0.4) is 0 Å². The Bertz CT molecular complexity index is 510. The van der Waals surface area contributed by atoms with Crippen molar-refractivity contribution in [3.05, 3.63) is 17.6 Å². The van der Waals surface area contributed by atoms with Crippen LogP contribution in [0.15, 0.2) is 17.6 Å². The van der Waals surface area contributed by atoms with Gasteiger partial charge in [0.25, 0.3) is 0 Å².